The van der Waals surface area contributed by atoms with E-state index in [1.165, 1.54) is 12.1 Å². The second-order valence-corrected chi connectivity index (χ2v) is 5.34. The van der Waals surface area contributed by atoms with Crippen molar-refractivity contribution in [3.05, 3.63) is 71.0 Å². The van der Waals surface area contributed by atoms with E-state index < -0.39 is 11.7 Å². The molecule has 0 heterocycles. The molecule has 0 aliphatic heterocycles. The van der Waals surface area contributed by atoms with Gasteiger partial charge in [-0.25, -0.2) is 4.39 Å². The third kappa shape index (κ3) is 4.67. The smallest absolute Gasteiger partial charge is 0.254 e. The number of halogens is 1. The van der Waals surface area contributed by atoms with E-state index in [2.05, 4.69) is 5.32 Å². The van der Waals surface area contributed by atoms with Gasteiger partial charge < -0.3 is 10.1 Å². The van der Waals surface area contributed by atoms with Gasteiger partial charge in [-0.2, -0.15) is 0 Å². The van der Waals surface area contributed by atoms with E-state index in [1.54, 1.807) is 12.1 Å². The number of nitrogens with one attached hydrogen (secondary N) is 1. The molecule has 2 aromatic rings. The van der Waals surface area contributed by atoms with Crippen molar-refractivity contribution in [2.45, 2.75) is 33.1 Å². The minimum Gasteiger partial charge on any atom is -0.374 e. The molecule has 0 fully saturated rings. The highest BCUT2D eigenvalue weighted by atomic mass is 19.1. The Bertz CT molecular complexity index is 623. The third-order valence-corrected chi connectivity index (χ3v) is 3.18. The van der Waals surface area contributed by atoms with Crippen molar-refractivity contribution in [3.63, 3.8) is 0 Å². The average molecular weight is 301 g/mol. The lowest BCUT2D eigenvalue weighted by Gasteiger charge is -2.09. The summed E-state index contributed by atoms with van der Waals surface area (Å²) in [4.78, 5) is 11.9. The van der Waals surface area contributed by atoms with Crippen molar-refractivity contribution in [2.24, 2.45) is 0 Å². The summed E-state index contributed by atoms with van der Waals surface area (Å²) >= 11 is 0. The van der Waals surface area contributed by atoms with Crippen LogP contribution >= 0.6 is 0 Å². The number of rotatable bonds is 6. The van der Waals surface area contributed by atoms with Crippen LogP contribution in [0.5, 0.6) is 0 Å². The van der Waals surface area contributed by atoms with Crippen molar-refractivity contribution >= 4 is 5.91 Å². The molecule has 1 amide bonds. The molecular formula is C18H20FNO2. The highest BCUT2D eigenvalue weighted by molar-refractivity contribution is 5.94. The summed E-state index contributed by atoms with van der Waals surface area (Å²) in [7, 11) is 0. The van der Waals surface area contributed by atoms with Crippen LogP contribution in [0.2, 0.25) is 0 Å². The Morgan fingerprint density at radius 1 is 1.09 bits per heavy atom. The van der Waals surface area contributed by atoms with Gasteiger partial charge in [0.15, 0.2) is 0 Å². The fraction of sp³-hybridized carbons (Fsp3) is 0.278. The standard InChI is InChI=1S/C18H20FNO2/c1-13(2)22-12-15-9-7-14(8-10-15)11-20-18(21)16-5-3-4-6-17(16)19/h3-10,13H,11-12H2,1-2H3,(H,20,21). The maximum absolute atomic E-state index is 13.5. The Kier molecular flexibility index (Phi) is 5.67. The van der Waals surface area contributed by atoms with Crippen LogP contribution in [0.1, 0.15) is 35.3 Å². The second kappa shape index (κ2) is 7.71. The van der Waals surface area contributed by atoms with E-state index in [0.29, 0.717) is 13.2 Å². The summed E-state index contributed by atoms with van der Waals surface area (Å²) in [6.45, 7) is 4.91. The topological polar surface area (TPSA) is 38.3 Å². The van der Waals surface area contributed by atoms with Crippen LogP contribution < -0.4 is 5.32 Å². The molecule has 22 heavy (non-hydrogen) atoms. The molecule has 0 spiro atoms. The van der Waals surface area contributed by atoms with Gasteiger partial charge in [0.25, 0.3) is 5.91 Å². The highest BCUT2D eigenvalue weighted by Gasteiger charge is 2.09. The molecule has 0 aliphatic carbocycles. The molecule has 0 radical (unpaired) electrons. The molecule has 0 aromatic heterocycles. The first-order valence-corrected chi connectivity index (χ1v) is 7.28. The van der Waals surface area contributed by atoms with Crippen molar-refractivity contribution in [3.8, 4) is 0 Å². The van der Waals surface area contributed by atoms with Crippen LogP contribution in [0.25, 0.3) is 0 Å². The highest BCUT2D eigenvalue weighted by Crippen LogP contribution is 2.09. The summed E-state index contributed by atoms with van der Waals surface area (Å²) in [5.74, 6) is -0.925. The van der Waals surface area contributed by atoms with Gasteiger partial charge >= 0.3 is 0 Å². The molecule has 0 unspecified atom stereocenters. The molecule has 4 heteroatoms. The van der Waals surface area contributed by atoms with Crippen LogP contribution in [0.4, 0.5) is 4.39 Å². The number of hydrogen-bond acceptors (Lipinski definition) is 2. The molecule has 3 nitrogen and oxygen atoms in total. The van der Waals surface area contributed by atoms with Crippen molar-refractivity contribution in [1.82, 2.24) is 5.32 Å². The maximum atomic E-state index is 13.5. The number of ether oxygens (including phenoxy) is 1. The number of amides is 1. The van der Waals surface area contributed by atoms with Crippen LogP contribution in [0, 0.1) is 5.82 Å². The Hall–Kier alpha value is -2.20. The molecule has 0 aliphatic rings. The SMILES string of the molecule is CC(C)OCc1ccc(CNC(=O)c2ccccc2F)cc1. The van der Waals surface area contributed by atoms with E-state index in [0.717, 1.165) is 11.1 Å². The Balaban J connectivity index is 1.89. The van der Waals surface area contributed by atoms with E-state index in [9.17, 15) is 9.18 Å². The Labute approximate surface area is 130 Å². The van der Waals surface area contributed by atoms with Crippen LogP contribution in [0.3, 0.4) is 0 Å². The quantitative estimate of drug-likeness (QED) is 0.884. The van der Waals surface area contributed by atoms with Crippen LogP contribution in [-0.2, 0) is 17.9 Å². The summed E-state index contributed by atoms with van der Waals surface area (Å²) in [5.41, 5.74) is 2.10. The van der Waals surface area contributed by atoms with E-state index in [-0.39, 0.29) is 11.7 Å². The second-order valence-electron chi connectivity index (χ2n) is 5.34. The fourth-order valence-electron chi connectivity index (χ4n) is 1.94. The minimum absolute atomic E-state index is 0.0597. The first-order chi connectivity index (χ1) is 10.6. The number of carbonyl (C=O) groups excluding carboxylic acids is 1. The lowest BCUT2D eigenvalue weighted by molar-refractivity contribution is 0.0657. The predicted molar refractivity (Wildman–Crippen MR) is 83.9 cm³/mol. The minimum atomic E-state index is -0.513. The van der Waals surface area contributed by atoms with Crippen LogP contribution in [0.15, 0.2) is 48.5 Å². The van der Waals surface area contributed by atoms with Gasteiger partial charge in [-0.1, -0.05) is 36.4 Å². The summed E-state index contributed by atoms with van der Waals surface area (Å²) < 4.78 is 19.0. The maximum Gasteiger partial charge on any atom is 0.254 e. The zero-order chi connectivity index (χ0) is 15.9. The van der Waals surface area contributed by atoms with E-state index >= 15 is 0 Å². The van der Waals surface area contributed by atoms with Gasteiger partial charge in [0, 0.05) is 6.54 Å². The zero-order valence-corrected chi connectivity index (χ0v) is 12.8. The van der Waals surface area contributed by atoms with E-state index in [1.807, 2.05) is 38.1 Å². The summed E-state index contributed by atoms with van der Waals surface area (Å²) in [6.07, 6.45) is 0.194. The fourth-order valence-corrected chi connectivity index (χ4v) is 1.94. The van der Waals surface area contributed by atoms with Gasteiger partial charge in [-0.3, -0.25) is 4.79 Å². The lowest BCUT2D eigenvalue weighted by Crippen LogP contribution is -2.23. The molecule has 1 N–H and O–H groups in total. The average Bonchev–Trinajstić information content (AvgIpc) is 2.52. The molecular weight excluding hydrogens is 281 g/mol. The van der Waals surface area contributed by atoms with Gasteiger partial charge in [0.05, 0.1) is 18.3 Å². The first-order valence-electron chi connectivity index (χ1n) is 7.28. The van der Waals surface area contributed by atoms with Crippen LogP contribution in [-0.4, -0.2) is 12.0 Å². The van der Waals surface area contributed by atoms with Gasteiger partial charge in [0.1, 0.15) is 5.82 Å². The number of carbonyl (C=O) groups is 1. The molecule has 0 atom stereocenters. The normalized spacial score (nSPS) is 10.7. The third-order valence-electron chi connectivity index (χ3n) is 3.18. The largest absolute Gasteiger partial charge is 0.374 e. The zero-order valence-electron chi connectivity index (χ0n) is 12.8. The molecule has 0 bridgehead atoms. The number of benzene rings is 2. The summed E-state index contributed by atoms with van der Waals surface area (Å²) in [5, 5.41) is 2.72. The molecule has 116 valence electrons. The number of hydrogen-bond donors (Lipinski definition) is 1. The van der Waals surface area contributed by atoms with E-state index in [4.69, 9.17) is 4.74 Å². The Morgan fingerprint density at radius 2 is 1.73 bits per heavy atom. The monoisotopic (exact) mass is 301 g/mol. The predicted octanol–water partition coefficient (Wildman–Crippen LogP) is 3.68. The first kappa shape index (κ1) is 16.2. The van der Waals surface area contributed by atoms with Crippen molar-refractivity contribution < 1.29 is 13.9 Å². The van der Waals surface area contributed by atoms with Crippen molar-refractivity contribution in [2.75, 3.05) is 0 Å². The molecule has 2 aromatic carbocycles. The lowest BCUT2D eigenvalue weighted by atomic mass is 10.1. The van der Waals surface area contributed by atoms with Gasteiger partial charge in [-0.15, -0.1) is 0 Å². The van der Waals surface area contributed by atoms with Gasteiger partial charge in [0.2, 0.25) is 0 Å². The van der Waals surface area contributed by atoms with Gasteiger partial charge in [-0.05, 0) is 37.1 Å². The Morgan fingerprint density at radius 3 is 2.36 bits per heavy atom. The molecule has 2 rings (SSSR count). The van der Waals surface area contributed by atoms with Crippen molar-refractivity contribution in [1.29, 1.82) is 0 Å². The molecule has 0 saturated carbocycles. The summed E-state index contributed by atoms with van der Waals surface area (Å²) in [6, 6.07) is 13.7. The molecule has 0 saturated heterocycles.